The summed E-state index contributed by atoms with van der Waals surface area (Å²) < 4.78 is 1.49. The molecule has 0 atom stereocenters. The maximum atomic E-state index is 12.5. The Bertz CT molecular complexity index is 796. The van der Waals surface area contributed by atoms with Gasteiger partial charge in [-0.1, -0.05) is 6.42 Å². The van der Waals surface area contributed by atoms with Crippen LogP contribution in [0.25, 0.3) is 11.2 Å². The fourth-order valence-corrected chi connectivity index (χ4v) is 3.29. The van der Waals surface area contributed by atoms with Crippen molar-refractivity contribution < 1.29 is 4.79 Å². The number of hydrogen-bond acceptors (Lipinski definition) is 5. The lowest BCUT2D eigenvalue weighted by atomic mass is 10.1. The van der Waals surface area contributed by atoms with Crippen molar-refractivity contribution in [1.29, 1.82) is 0 Å². The number of likely N-dealkylation sites (tertiary alicyclic amines) is 1. The molecule has 2 aromatic heterocycles. The van der Waals surface area contributed by atoms with Crippen molar-refractivity contribution in [1.82, 2.24) is 24.8 Å². The molecule has 7 heteroatoms. The van der Waals surface area contributed by atoms with Gasteiger partial charge in [0.25, 0.3) is 11.5 Å². The average Bonchev–Trinajstić information content (AvgIpc) is 2.65. The van der Waals surface area contributed by atoms with Crippen LogP contribution in [0.3, 0.4) is 0 Å². The summed E-state index contributed by atoms with van der Waals surface area (Å²) in [5.41, 5.74) is 0.626. The summed E-state index contributed by atoms with van der Waals surface area (Å²) in [6.07, 6.45) is 6.34. The Balaban J connectivity index is 1.65. The smallest absolute Gasteiger partial charge is 0.283 e. The number of carbonyl (C=O) groups is 1. The molecule has 0 saturated carbocycles. The topological polar surface area (TPSA) is 80.1 Å². The molecule has 1 saturated heterocycles. The van der Waals surface area contributed by atoms with Crippen LogP contribution in [0.5, 0.6) is 0 Å². The van der Waals surface area contributed by atoms with Crippen LogP contribution in [-0.2, 0) is 6.54 Å². The van der Waals surface area contributed by atoms with Gasteiger partial charge >= 0.3 is 0 Å². The number of aryl methyl sites for hydroxylation is 1. The van der Waals surface area contributed by atoms with Crippen LogP contribution < -0.4 is 10.9 Å². The number of piperidine rings is 1. The van der Waals surface area contributed by atoms with Gasteiger partial charge in [0.2, 0.25) is 0 Å². The minimum Gasteiger partial charge on any atom is -0.350 e. The summed E-state index contributed by atoms with van der Waals surface area (Å²) in [5, 5.41) is 2.83. The summed E-state index contributed by atoms with van der Waals surface area (Å²) >= 11 is 0. The highest BCUT2D eigenvalue weighted by molar-refractivity contribution is 5.93. The maximum Gasteiger partial charge on any atom is 0.283 e. The fourth-order valence-electron chi connectivity index (χ4n) is 3.29. The van der Waals surface area contributed by atoms with E-state index in [1.54, 1.807) is 18.3 Å². The first-order valence-electron chi connectivity index (χ1n) is 9.07. The van der Waals surface area contributed by atoms with E-state index in [4.69, 9.17) is 0 Å². The van der Waals surface area contributed by atoms with Gasteiger partial charge in [-0.15, -0.1) is 0 Å². The van der Waals surface area contributed by atoms with Crippen molar-refractivity contribution in [3.05, 3.63) is 34.4 Å². The summed E-state index contributed by atoms with van der Waals surface area (Å²) in [7, 11) is 0. The van der Waals surface area contributed by atoms with Crippen LogP contribution in [0.4, 0.5) is 0 Å². The van der Waals surface area contributed by atoms with Crippen molar-refractivity contribution >= 4 is 17.1 Å². The van der Waals surface area contributed by atoms with Crippen molar-refractivity contribution in [2.75, 3.05) is 26.2 Å². The number of hydrogen-bond donors (Lipinski definition) is 1. The van der Waals surface area contributed by atoms with E-state index in [-0.39, 0.29) is 11.3 Å². The number of nitrogens with zero attached hydrogens (tertiary/aromatic N) is 4. The maximum absolute atomic E-state index is 12.5. The Morgan fingerprint density at radius 3 is 2.84 bits per heavy atom. The highest BCUT2D eigenvalue weighted by Gasteiger charge is 2.17. The molecule has 0 radical (unpaired) electrons. The molecule has 0 spiro atoms. The normalized spacial score (nSPS) is 15.4. The molecule has 0 unspecified atom stereocenters. The van der Waals surface area contributed by atoms with Gasteiger partial charge < -0.3 is 10.2 Å². The second kappa shape index (κ2) is 8.20. The van der Waals surface area contributed by atoms with Gasteiger partial charge in [-0.2, -0.15) is 0 Å². The largest absolute Gasteiger partial charge is 0.350 e. The lowest BCUT2D eigenvalue weighted by molar-refractivity contribution is 0.0944. The average molecular weight is 343 g/mol. The first-order chi connectivity index (χ1) is 12.2. The van der Waals surface area contributed by atoms with E-state index < -0.39 is 5.91 Å². The molecule has 134 valence electrons. The van der Waals surface area contributed by atoms with Crippen LogP contribution in [0.2, 0.25) is 0 Å². The minimum absolute atomic E-state index is 0.0553. The molecule has 0 aliphatic carbocycles. The number of pyridine rings is 1. The van der Waals surface area contributed by atoms with Crippen molar-refractivity contribution in [3.63, 3.8) is 0 Å². The van der Waals surface area contributed by atoms with Gasteiger partial charge in [-0.05, 0) is 58.0 Å². The quantitative estimate of drug-likeness (QED) is 0.803. The molecule has 3 rings (SSSR count). The van der Waals surface area contributed by atoms with Gasteiger partial charge in [0.1, 0.15) is 5.52 Å². The Morgan fingerprint density at radius 2 is 2.08 bits per heavy atom. The second-order valence-electron chi connectivity index (χ2n) is 6.37. The third-order valence-corrected chi connectivity index (χ3v) is 4.62. The molecule has 1 fully saturated rings. The lowest BCUT2D eigenvalue weighted by Crippen LogP contribution is -2.37. The molecule has 0 bridgehead atoms. The van der Waals surface area contributed by atoms with Crippen molar-refractivity contribution in [2.45, 2.75) is 39.2 Å². The van der Waals surface area contributed by atoms with Gasteiger partial charge in [0.05, 0.1) is 0 Å². The predicted molar refractivity (Wildman–Crippen MR) is 96.7 cm³/mol. The zero-order valence-electron chi connectivity index (χ0n) is 14.7. The second-order valence-corrected chi connectivity index (χ2v) is 6.37. The minimum atomic E-state index is -0.406. The van der Waals surface area contributed by atoms with Crippen LogP contribution >= 0.6 is 0 Å². The Morgan fingerprint density at radius 1 is 1.28 bits per heavy atom. The summed E-state index contributed by atoms with van der Waals surface area (Å²) in [4.78, 5) is 35.8. The Hall–Kier alpha value is -2.28. The molecule has 0 aromatic carbocycles. The third-order valence-electron chi connectivity index (χ3n) is 4.62. The highest BCUT2D eigenvalue weighted by atomic mass is 16.2. The van der Waals surface area contributed by atoms with Gasteiger partial charge in [0, 0.05) is 19.3 Å². The molecule has 1 N–H and O–H groups in total. The zero-order chi connectivity index (χ0) is 17.6. The Labute approximate surface area is 147 Å². The molecule has 3 heterocycles. The summed E-state index contributed by atoms with van der Waals surface area (Å²) in [6, 6.07) is 3.52. The monoisotopic (exact) mass is 343 g/mol. The van der Waals surface area contributed by atoms with E-state index in [0.717, 1.165) is 26.1 Å². The van der Waals surface area contributed by atoms with E-state index in [2.05, 4.69) is 20.2 Å². The van der Waals surface area contributed by atoms with E-state index >= 15 is 0 Å². The number of aromatic nitrogens is 3. The standard InChI is InChI=1S/C18H25N5O2/c1-2-23-16-14(8-6-9-19-16)21-15(18(23)25)17(24)20-10-7-13-22-11-4-3-5-12-22/h6,8-9H,2-5,7,10-13H2,1H3,(H,20,24). The molecule has 25 heavy (non-hydrogen) atoms. The van der Waals surface area contributed by atoms with Crippen LogP contribution in [0, 0.1) is 0 Å². The van der Waals surface area contributed by atoms with Crippen LogP contribution in [0.1, 0.15) is 43.1 Å². The van der Waals surface area contributed by atoms with E-state index in [9.17, 15) is 9.59 Å². The van der Waals surface area contributed by atoms with Crippen LogP contribution in [-0.4, -0.2) is 51.5 Å². The van der Waals surface area contributed by atoms with E-state index in [0.29, 0.717) is 24.3 Å². The van der Waals surface area contributed by atoms with Crippen LogP contribution in [0.15, 0.2) is 23.1 Å². The number of nitrogens with one attached hydrogen (secondary N) is 1. The summed E-state index contributed by atoms with van der Waals surface area (Å²) in [6.45, 7) is 6.13. The zero-order valence-corrected chi connectivity index (χ0v) is 14.7. The first-order valence-corrected chi connectivity index (χ1v) is 9.07. The van der Waals surface area contributed by atoms with Gasteiger partial charge in [0.15, 0.2) is 11.3 Å². The van der Waals surface area contributed by atoms with Gasteiger partial charge in [-0.25, -0.2) is 9.97 Å². The Kier molecular flexibility index (Phi) is 5.75. The van der Waals surface area contributed by atoms with Crippen molar-refractivity contribution in [2.24, 2.45) is 0 Å². The highest BCUT2D eigenvalue weighted by Crippen LogP contribution is 2.09. The first kappa shape index (κ1) is 17.5. The summed E-state index contributed by atoms with van der Waals surface area (Å²) in [5.74, 6) is -0.406. The number of rotatable bonds is 6. The lowest BCUT2D eigenvalue weighted by Gasteiger charge is -2.26. The SMILES string of the molecule is CCn1c(=O)c(C(=O)NCCCN2CCCCC2)nc2cccnc21. The predicted octanol–water partition coefficient (Wildman–Crippen LogP) is 1.42. The number of amides is 1. The number of carbonyl (C=O) groups excluding carboxylic acids is 1. The molecular formula is C18H25N5O2. The van der Waals surface area contributed by atoms with E-state index in [1.165, 1.54) is 23.8 Å². The third kappa shape index (κ3) is 4.04. The van der Waals surface area contributed by atoms with Gasteiger partial charge in [-0.3, -0.25) is 14.2 Å². The van der Waals surface area contributed by atoms with E-state index in [1.807, 2.05) is 6.92 Å². The fraction of sp³-hybridized carbons (Fsp3) is 0.556. The molecule has 7 nitrogen and oxygen atoms in total. The molecule has 1 aliphatic rings. The molecule has 1 amide bonds. The number of fused-ring (bicyclic) bond motifs is 1. The molecule has 2 aromatic rings. The molecular weight excluding hydrogens is 318 g/mol. The molecule has 1 aliphatic heterocycles. The van der Waals surface area contributed by atoms with Crippen molar-refractivity contribution in [3.8, 4) is 0 Å².